The second kappa shape index (κ2) is 10.3. The molecule has 0 radical (unpaired) electrons. The summed E-state index contributed by atoms with van der Waals surface area (Å²) in [6, 6.07) is 4.01. The van der Waals surface area contributed by atoms with Crippen molar-refractivity contribution in [3.63, 3.8) is 0 Å². The molecule has 0 unspecified atom stereocenters. The monoisotopic (exact) mass is 479 g/mol. The number of carbonyl (C=O) groups is 2. The molecule has 2 heterocycles. The number of phenols is 1. The number of fused-ring (bicyclic) bond motifs is 3. The maximum Gasteiger partial charge on any atom is 0.455 e. The number of likely N-dealkylation sites (tertiary alicyclic amines) is 1. The highest BCUT2D eigenvalue weighted by atomic mass is 16.5. The zero-order valence-corrected chi connectivity index (χ0v) is 21.6. The minimum atomic E-state index is -0.930. The zero-order valence-electron chi connectivity index (χ0n) is 21.6. The van der Waals surface area contributed by atoms with Gasteiger partial charge >= 0.3 is 7.12 Å². The van der Waals surface area contributed by atoms with Crippen molar-refractivity contribution >= 4 is 25.0 Å². The van der Waals surface area contributed by atoms with E-state index in [0.29, 0.717) is 18.5 Å². The van der Waals surface area contributed by atoms with E-state index in [0.717, 1.165) is 54.4 Å². The average Bonchev–Trinajstić information content (AvgIpc) is 3.04. The van der Waals surface area contributed by atoms with Crippen LogP contribution in [0.5, 0.6) is 5.75 Å². The lowest BCUT2D eigenvalue weighted by molar-refractivity contribution is -0.138. The maximum atomic E-state index is 13.0. The lowest BCUT2D eigenvalue weighted by atomic mass is 9.58. The molecule has 0 aromatic heterocycles. The van der Waals surface area contributed by atoms with Gasteiger partial charge in [0.1, 0.15) is 5.75 Å². The molecule has 4 rings (SSSR count). The number of hydrogen-bond acceptors (Lipinski definition) is 5. The van der Waals surface area contributed by atoms with Gasteiger partial charge in [0.2, 0.25) is 11.8 Å². The average molecular weight is 479 g/mol. The fourth-order valence-electron chi connectivity index (χ4n) is 6.48. The van der Waals surface area contributed by atoms with Crippen molar-refractivity contribution < 1.29 is 24.4 Å². The molecule has 2 saturated heterocycles. The number of phenolic OH excluding ortho intramolecular Hbond substituents is 1. The summed E-state index contributed by atoms with van der Waals surface area (Å²) in [4.78, 5) is 27.0. The van der Waals surface area contributed by atoms with Crippen LogP contribution < -0.4 is 0 Å². The lowest BCUT2D eigenvalue weighted by Crippen LogP contribution is -2.46. The van der Waals surface area contributed by atoms with Gasteiger partial charge in [0.05, 0.1) is 17.9 Å². The van der Waals surface area contributed by atoms with E-state index in [1.807, 2.05) is 26.0 Å². The van der Waals surface area contributed by atoms with Crippen LogP contribution in [0, 0.1) is 31.6 Å². The fraction of sp³-hybridized carbons (Fsp3) is 0.571. The Balaban J connectivity index is 1.61. The van der Waals surface area contributed by atoms with E-state index < -0.39 is 7.12 Å². The molecule has 35 heavy (non-hydrogen) atoms. The SMILES string of the molecule is CCC/C(=C\c1cc(C)c(O)c(C)c1)CC[C@H]1OB(O)C[C@H]2C1=C(CC)C[C@H]1C(=O)N(C)C(=O)[C@H]12. The lowest BCUT2D eigenvalue weighted by Gasteiger charge is -2.43. The number of hydrogen-bond donors (Lipinski definition) is 2. The molecule has 0 spiro atoms. The second-order valence-corrected chi connectivity index (χ2v) is 10.5. The third-order valence-electron chi connectivity index (χ3n) is 8.14. The highest BCUT2D eigenvalue weighted by Gasteiger charge is 2.56. The van der Waals surface area contributed by atoms with Gasteiger partial charge in [-0.2, -0.15) is 0 Å². The number of rotatable bonds is 7. The number of allylic oxidation sites excluding steroid dienone is 2. The normalized spacial score (nSPS) is 27.0. The molecule has 2 fully saturated rings. The summed E-state index contributed by atoms with van der Waals surface area (Å²) in [5.41, 5.74) is 6.48. The van der Waals surface area contributed by atoms with Crippen LogP contribution in [0.1, 0.15) is 69.1 Å². The van der Waals surface area contributed by atoms with Crippen molar-refractivity contribution in [1.82, 2.24) is 4.90 Å². The highest BCUT2D eigenvalue weighted by Crippen LogP contribution is 2.51. The minimum Gasteiger partial charge on any atom is -0.507 e. The molecule has 2 amide bonds. The van der Waals surface area contributed by atoms with Crippen molar-refractivity contribution in [2.75, 3.05) is 7.05 Å². The predicted molar refractivity (Wildman–Crippen MR) is 138 cm³/mol. The Bertz CT molecular complexity index is 1050. The zero-order chi connectivity index (χ0) is 25.4. The van der Waals surface area contributed by atoms with E-state index in [1.54, 1.807) is 7.05 Å². The van der Waals surface area contributed by atoms with Crippen molar-refractivity contribution in [3.05, 3.63) is 45.5 Å². The van der Waals surface area contributed by atoms with Gasteiger partial charge < -0.3 is 14.8 Å². The first-order valence-corrected chi connectivity index (χ1v) is 13.0. The van der Waals surface area contributed by atoms with Gasteiger partial charge in [-0.05, 0) is 92.6 Å². The van der Waals surface area contributed by atoms with Gasteiger partial charge in [-0.1, -0.05) is 37.5 Å². The van der Waals surface area contributed by atoms with Gasteiger partial charge in [0.15, 0.2) is 0 Å². The van der Waals surface area contributed by atoms with Crippen LogP contribution in [0.25, 0.3) is 6.08 Å². The third kappa shape index (κ3) is 4.85. The molecule has 0 bridgehead atoms. The first kappa shape index (κ1) is 25.7. The molecule has 2 aliphatic heterocycles. The van der Waals surface area contributed by atoms with Gasteiger partial charge in [0.25, 0.3) is 0 Å². The van der Waals surface area contributed by atoms with Gasteiger partial charge in [-0.15, -0.1) is 0 Å². The quantitative estimate of drug-likeness (QED) is 0.333. The smallest absolute Gasteiger partial charge is 0.455 e. The molecule has 4 atom stereocenters. The van der Waals surface area contributed by atoms with E-state index >= 15 is 0 Å². The van der Waals surface area contributed by atoms with Crippen molar-refractivity contribution in [2.24, 2.45) is 17.8 Å². The van der Waals surface area contributed by atoms with Crippen LogP contribution in [-0.4, -0.2) is 47.1 Å². The van der Waals surface area contributed by atoms with E-state index in [-0.39, 0.29) is 35.7 Å². The Kier molecular flexibility index (Phi) is 7.58. The number of aryl methyl sites for hydroxylation is 2. The highest BCUT2D eigenvalue weighted by molar-refractivity contribution is 6.43. The van der Waals surface area contributed by atoms with Crippen LogP contribution in [0.4, 0.5) is 0 Å². The standard InChI is InChI=1S/C28H38BNO5/c1-6-8-18(13-19-11-16(3)26(31)17(4)12-19)9-10-23-24-20(7-2)14-21-25(22(24)15-29(34)35-23)28(33)30(5)27(21)32/h11-13,21-23,25,31,34H,6-10,14-15H2,1-5H3/b18-13+/t21-,22+,23-,25-/m1/s1. The Morgan fingerprint density at radius 2 is 1.83 bits per heavy atom. The van der Waals surface area contributed by atoms with E-state index in [2.05, 4.69) is 19.9 Å². The van der Waals surface area contributed by atoms with E-state index in [1.165, 1.54) is 16.0 Å². The van der Waals surface area contributed by atoms with Crippen molar-refractivity contribution in [2.45, 2.75) is 78.6 Å². The molecule has 0 saturated carbocycles. The van der Waals surface area contributed by atoms with Gasteiger partial charge in [-0.3, -0.25) is 14.5 Å². The number of benzene rings is 1. The molecule has 1 aliphatic carbocycles. The first-order chi connectivity index (χ1) is 16.7. The Labute approximate surface area is 209 Å². The van der Waals surface area contributed by atoms with Crippen LogP contribution >= 0.6 is 0 Å². The molecular weight excluding hydrogens is 441 g/mol. The third-order valence-corrected chi connectivity index (χ3v) is 8.14. The number of nitrogens with zero attached hydrogens (tertiary/aromatic N) is 1. The summed E-state index contributed by atoms with van der Waals surface area (Å²) in [5.74, 6) is -0.689. The summed E-state index contributed by atoms with van der Waals surface area (Å²) < 4.78 is 6.09. The Morgan fingerprint density at radius 1 is 1.14 bits per heavy atom. The molecule has 6 nitrogen and oxygen atoms in total. The second-order valence-electron chi connectivity index (χ2n) is 10.5. The number of amides is 2. The first-order valence-electron chi connectivity index (χ1n) is 13.0. The topological polar surface area (TPSA) is 87.1 Å². The van der Waals surface area contributed by atoms with E-state index in [4.69, 9.17) is 4.65 Å². The van der Waals surface area contributed by atoms with Crippen molar-refractivity contribution in [3.8, 4) is 5.75 Å². The number of aromatic hydroxyl groups is 1. The minimum absolute atomic E-state index is 0.0878. The van der Waals surface area contributed by atoms with Crippen LogP contribution in [0.15, 0.2) is 28.9 Å². The molecule has 188 valence electrons. The maximum absolute atomic E-state index is 13.0. The summed E-state index contributed by atoms with van der Waals surface area (Å²) in [5, 5.41) is 20.7. The molecule has 3 aliphatic rings. The van der Waals surface area contributed by atoms with Gasteiger partial charge in [0, 0.05) is 7.05 Å². The molecule has 2 N–H and O–H groups in total. The molecule has 1 aromatic carbocycles. The van der Waals surface area contributed by atoms with Crippen LogP contribution in [0.2, 0.25) is 6.32 Å². The summed E-state index contributed by atoms with van der Waals surface area (Å²) in [7, 11) is 0.649. The van der Waals surface area contributed by atoms with Crippen molar-refractivity contribution in [1.29, 1.82) is 0 Å². The molecule has 1 aromatic rings. The number of carbonyl (C=O) groups excluding carboxylic acids is 2. The predicted octanol–water partition coefficient (Wildman–Crippen LogP) is 4.81. The Hall–Kier alpha value is -2.38. The summed E-state index contributed by atoms with van der Waals surface area (Å²) in [6.07, 6.45) is 7.28. The largest absolute Gasteiger partial charge is 0.507 e. The van der Waals surface area contributed by atoms with Gasteiger partial charge in [-0.25, -0.2) is 0 Å². The number of imide groups is 1. The van der Waals surface area contributed by atoms with E-state index in [9.17, 15) is 19.7 Å². The Morgan fingerprint density at radius 3 is 2.46 bits per heavy atom. The summed E-state index contributed by atoms with van der Waals surface area (Å²) >= 11 is 0. The van der Waals surface area contributed by atoms with Crippen LogP contribution in [0.3, 0.4) is 0 Å². The molecular formula is C28H38BNO5. The molecule has 7 heteroatoms. The summed E-state index contributed by atoms with van der Waals surface area (Å²) in [6.45, 7) is 8.09. The van der Waals surface area contributed by atoms with Crippen LogP contribution in [-0.2, 0) is 14.2 Å². The fourth-order valence-corrected chi connectivity index (χ4v) is 6.48.